The van der Waals surface area contributed by atoms with Crippen molar-refractivity contribution in [2.45, 2.75) is 19.9 Å². The Kier molecular flexibility index (Phi) is 5.94. The van der Waals surface area contributed by atoms with Crippen molar-refractivity contribution in [3.63, 3.8) is 0 Å². The van der Waals surface area contributed by atoms with Gasteiger partial charge in [0.2, 0.25) is 0 Å². The summed E-state index contributed by atoms with van der Waals surface area (Å²) < 4.78 is 2.25. The first kappa shape index (κ1) is 14.6. The van der Waals surface area contributed by atoms with E-state index in [1.165, 1.54) is 4.88 Å². The highest BCUT2D eigenvalue weighted by atomic mass is 79.9. The number of nitrogens with two attached hydrogens (primary N) is 1. The van der Waals surface area contributed by atoms with Crippen LogP contribution in [0.2, 0.25) is 0 Å². The van der Waals surface area contributed by atoms with E-state index >= 15 is 0 Å². The molecule has 0 bridgehead atoms. The van der Waals surface area contributed by atoms with Crippen molar-refractivity contribution in [3.05, 3.63) is 19.2 Å². The minimum atomic E-state index is 0.315. The zero-order chi connectivity index (χ0) is 12.3. The van der Waals surface area contributed by atoms with Crippen molar-refractivity contribution < 1.29 is 0 Å². The summed E-state index contributed by atoms with van der Waals surface area (Å²) in [5, 5.41) is 0. The van der Waals surface area contributed by atoms with Crippen LogP contribution in [0.15, 0.2) is 14.3 Å². The van der Waals surface area contributed by atoms with E-state index in [4.69, 9.17) is 5.73 Å². The van der Waals surface area contributed by atoms with Crippen LogP contribution in [0.25, 0.3) is 0 Å². The van der Waals surface area contributed by atoms with E-state index in [2.05, 4.69) is 63.7 Å². The Morgan fingerprint density at radius 3 is 2.44 bits per heavy atom. The lowest BCUT2D eigenvalue weighted by Gasteiger charge is -2.27. The standard InChI is InChI=1S/C11H18Br2N2S/c1-7(2)6-15(3)9(5-14)10-4-8(12)11(13)16-10/h4,7,9H,5-6,14H2,1-3H3. The molecule has 0 saturated heterocycles. The first-order chi connectivity index (χ1) is 7.45. The molecule has 16 heavy (non-hydrogen) atoms. The molecule has 1 heterocycles. The summed E-state index contributed by atoms with van der Waals surface area (Å²) in [6.07, 6.45) is 0. The van der Waals surface area contributed by atoms with E-state index < -0.39 is 0 Å². The van der Waals surface area contributed by atoms with Crippen LogP contribution >= 0.6 is 43.2 Å². The van der Waals surface area contributed by atoms with Gasteiger partial charge in [0.15, 0.2) is 0 Å². The number of halogens is 2. The van der Waals surface area contributed by atoms with Crippen molar-refractivity contribution in [2.75, 3.05) is 20.1 Å². The van der Waals surface area contributed by atoms with Crippen LogP contribution in [-0.2, 0) is 0 Å². The number of hydrogen-bond acceptors (Lipinski definition) is 3. The Morgan fingerprint density at radius 2 is 2.06 bits per heavy atom. The average Bonchev–Trinajstić information content (AvgIpc) is 2.46. The molecule has 1 rings (SSSR count). The van der Waals surface area contributed by atoms with Gasteiger partial charge in [-0.15, -0.1) is 11.3 Å². The average molecular weight is 370 g/mol. The number of likely N-dealkylation sites (N-methyl/N-ethyl adjacent to an activating group) is 1. The fraction of sp³-hybridized carbons (Fsp3) is 0.636. The lowest BCUT2D eigenvalue weighted by molar-refractivity contribution is 0.226. The second-order valence-corrected chi connectivity index (χ2v) is 7.61. The summed E-state index contributed by atoms with van der Waals surface area (Å²) in [4.78, 5) is 3.64. The SMILES string of the molecule is CC(C)CN(C)C(CN)c1cc(Br)c(Br)s1. The zero-order valence-corrected chi connectivity index (χ0v) is 13.8. The van der Waals surface area contributed by atoms with Gasteiger partial charge in [0.05, 0.1) is 9.83 Å². The monoisotopic (exact) mass is 368 g/mol. The molecule has 1 aromatic heterocycles. The van der Waals surface area contributed by atoms with Crippen molar-refractivity contribution in [3.8, 4) is 0 Å². The molecular formula is C11H18Br2N2S. The fourth-order valence-corrected chi connectivity index (χ4v) is 4.01. The molecule has 0 saturated carbocycles. The Bertz CT molecular complexity index is 319. The quantitative estimate of drug-likeness (QED) is 0.853. The van der Waals surface area contributed by atoms with Crippen LogP contribution in [0.4, 0.5) is 0 Å². The lowest BCUT2D eigenvalue weighted by atomic mass is 10.1. The second kappa shape index (κ2) is 6.50. The molecular weight excluding hydrogens is 352 g/mol. The van der Waals surface area contributed by atoms with E-state index in [1.54, 1.807) is 11.3 Å². The Morgan fingerprint density at radius 1 is 1.44 bits per heavy atom. The van der Waals surface area contributed by atoms with Crippen LogP contribution in [0.5, 0.6) is 0 Å². The molecule has 2 nitrogen and oxygen atoms in total. The van der Waals surface area contributed by atoms with Gasteiger partial charge in [0.1, 0.15) is 0 Å². The van der Waals surface area contributed by atoms with Gasteiger partial charge in [0, 0.05) is 22.4 Å². The second-order valence-electron chi connectivity index (χ2n) is 4.36. The summed E-state index contributed by atoms with van der Waals surface area (Å²) in [5.41, 5.74) is 5.88. The molecule has 0 radical (unpaired) electrons. The minimum Gasteiger partial charge on any atom is -0.329 e. The predicted molar refractivity (Wildman–Crippen MR) is 79.0 cm³/mol. The number of rotatable bonds is 5. The van der Waals surface area contributed by atoms with Gasteiger partial charge in [-0.05, 0) is 50.9 Å². The van der Waals surface area contributed by atoms with Gasteiger partial charge in [-0.1, -0.05) is 13.8 Å². The van der Waals surface area contributed by atoms with E-state index in [1.807, 2.05) is 0 Å². The maximum absolute atomic E-state index is 5.88. The van der Waals surface area contributed by atoms with Crippen molar-refractivity contribution in [1.82, 2.24) is 4.90 Å². The van der Waals surface area contributed by atoms with Crippen molar-refractivity contribution >= 4 is 43.2 Å². The molecule has 0 spiro atoms. The van der Waals surface area contributed by atoms with E-state index in [-0.39, 0.29) is 0 Å². The largest absolute Gasteiger partial charge is 0.329 e. The molecule has 92 valence electrons. The van der Waals surface area contributed by atoms with Crippen LogP contribution in [0.3, 0.4) is 0 Å². The maximum atomic E-state index is 5.88. The smallest absolute Gasteiger partial charge is 0.0843 e. The highest BCUT2D eigenvalue weighted by Crippen LogP contribution is 2.36. The molecule has 0 amide bonds. The van der Waals surface area contributed by atoms with Gasteiger partial charge < -0.3 is 5.73 Å². The summed E-state index contributed by atoms with van der Waals surface area (Å²) in [5.74, 6) is 0.658. The third-order valence-corrected chi connectivity index (χ3v) is 5.76. The molecule has 1 unspecified atom stereocenters. The van der Waals surface area contributed by atoms with E-state index in [0.29, 0.717) is 18.5 Å². The van der Waals surface area contributed by atoms with Gasteiger partial charge in [-0.3, -0.25) is 4.90 Å². The first-order valence-electron chi connectivity index (χ1n) is 5.30. The normalized spacial score (nSPS) is 13.8. The highest BCUT2D eigenvalue weighted by molar-refractivity contribution is 9.13. The first-order valence-corrected chi connectivity index (χ1v) is 7.71. The van der Waals surface area contributed by atoms with Crippen LogP contribution < -0.4 is 5.73 Å². The Labute approximate surface area is 118 Å². The predicted octanol–water partition coefficient (Wildman–Crippen LogP) is 3.86. The topological polar surface area (TPSA) is 29.3 Å². The molecule has 0 aliphatic rings. The van der Waals surface area contributed by atoms with Crippen LogP contribution in [0, 0.1) is 5.92 Å². The highest BCUT2D eigenvalue weighted by Gasteiger charge is 2.19. The molecule has 0 aliphatic heterocycles. The molecule has 0 aromatic carbocycles. The van der Waals surface area contributed by atoms with E-state index in [0.717, 1.165) is 14.8 Å². The molecule has 1 atom stereocenters. The summed E-state index contributed by atoms with van der Waals surface area (Å²) in [6, 6.07) is 2.47. The number of nitrogens with zero attached hydrogens (tertiary/aromatic N) is 1. The molecule has 2 N–H and O–H groups in total. The van der Waals surface area contributed by atoms with Gasteiger partial charge in [-0.25, -0.2) is 0 Å². The number of hydrogen-bond donors (Lipinski definition) is 1. The molecule has 0 aliphatic carbocycles. The molecule has 0 fully saturated rings. The summed E-state index contributed by atoms with van der Waals surface area (Å²) in [6.45, 7) is 6.17. The minimum absolute atomic E-state index is 0.315. The lowest BCUT2D eigenvalue weighted by Crippen LogP contribution is -2.32. The van der Waals surface area contributed by atoms with Crippen molar-refractivity contribution in [1.29, 1.82) is 0 Å². The molecule has 5 heteroatoms. The third kappa shape index (κ3) is 3.81. The van der Waals surface area contributed by atoms with Gasteiger partial charge in [0.25, 0.3) is 0 Å². The Hall–Kier alpha value is 0.580. The summed E-state index contributed by atoms with van der Waals surface area (Å²) >= 11 is 8.79. The van der Waals surface area contributed by atoms with Gasteiger partial charge >= 0.3 is 0 Å². The van der Waals surface area contributed by atoms with Crippen molar-refractivity contribution in [2.24, 2.45) is 11.7 Å². The Balaban J connectivity index is 2.81. The third-order valence-electron chi connectivity index (χ3n) is 2.40. The van der Waals surface area contributed by atoms with Crippen LogP contribution in [-0.4, -0.2) is 25.0 Å². The van der Waals surface area contributed by atoms with E-state index in [9.17, 15) is 0 Å². The van der Waals surface area contributed by atoms with Crippen LogP contribution in [0.1, 0.15) is 24.8 Å². The zero-order valence-electron chi connectivity index (χ0n) is 9.84. The fourth-order valence-electron chi connectivity index (χ4n) is 1.74. The summed E-state index contributed by atoms with van der Waals surface area (Å²) in [7, 11) is 2.14. The maximum Gasteiger partial charge on any atom is 0.0843 e. The molecule has 1 aromatic rings. The van der Waals surface area contributed by atoms with Gasteiger partial charge in [-0.2, -0.15) is 0 Å². The number of thiophene rings is 1.